The molecule has 0 spiro atoms. The summed E-state index contributed by atoms with van der Waals surface area (Å²) in [6, 6.07) is 9.25. The van der Waals surface area contributed by atoms with Gasteiger partial charge in [0, 0.05) is 11.1 Å². The maximum atomic E-state index is 12.8. The Morgan fingerprint density at radius 1 is 1.36 bits per heavy atom. The first kappa shape index (κ1) is 20.1. The molecule has 0 unspecified atom stereocenters. The maximum absolute atomic E-state index is 12.8. The van der Waals surface area contributed by atoms with Crippen LogP contribution in [0.5, 0.6) is 11.5 Å². The largest absolute Gasteiger partial charge is 0.500 e. The molecule has 0 bridgehead atoms. The van der Waals surface area contributed by atoms with Crippen molar-refractivity contribution >= 4 is 63.3 Å². The number of rotatable bonds is 5. The molecule has 2 aromatic carbocycles. The number of hydrogen-bond acceptors (Lipinski definition) is 7. The molecule has 1 aliphatic rings. The number of carbonyl (C=O) groups excluding carboxylic acids is 1. The van der Waals surface area contributed by atoms with E-state index in [9.17, 15) is 20.0 Å². The van der Waals surface area contributed by atoms with Crippen molar-refractivity contribution in [2.45, 2.75) is 6.92 Å². The number of anilines is 1. The monoisotopic (exact) mass is 436 g/mol. The third kappa shape index (κ3) is 3.96. The average Bonchev–Trinajstić information content (AvgIpc) is 2.92. The van der Waals surface area contributed by atoms with Crippen LogP contribution < -0.4 is 9.64 Å². The van der Waals surface area contributed by atoms with Crippen LogP contribution in [0, 0.1) is 10.1 Å². The van der Waals surface area contributed by atoms with Crippen molar-refractivity contribution in [3.8, 4) is 11.5 Å². The lowest BCUT2D eigenvalue weighted by Crippen LogP contribution is -2.27. The van der Waals surface area contributed by atoms with E-state index in [0.29, 0.717) is 25.5 Å². The van der Waals surface area contributed by atoms with Crippen molar-refractivity contribution in [1.82, 2.24) is 0 Å². The molecule has 7 nitrogen and oxygen atoms in total. The van der Waals surface area contributed by atoms with E-state index in [1.54, 1.807) is 31.2 Å². The number of nitro groups is 1. The lowest BCUT2D eigenvalue weighted by molar-refractivity contribution is -0.386. The second kappa shape index (κ2) is 8.17. The zero-order chi connectivity index (χ0) is 20.4. The van der Waals surface area contributed by atoms with Gasteiger partial charge in [0.1, 0.15) is 0 Å². The highest BCUT2D eigenvalue weighted by molar-refractivity contribution is 8.27. The smallest absolute Gasteiger partial charge is 0.315 e. The molecule has 1 heterocycles. The van der Waals surface area contributed by atoms with Crippen LogP contribution in [0.2, 0.25) is 5.02 Å². The van der Waals surface area contributed by atoms with Crippen LogP contribution in [-0.2, 0) is 4.79 Å². The Morgan fingerprint density at radius 3 is 2.64 bits per heavy atom. The maximum Gasteiger partial charge on any atom is 0.315 e. The topological polar surface area (TPSA) is 92.9 Å². The number of amides is 1. The van der Waals surface area contributed by atoms with Gasteiger partial charge in [-0.1, -0.05) is 35.6 Å². The molecular formula is C18H13ClN2O5S2. The third-order valence-corrected chi connectivity index (χ3v) is 5.30. The Labute approximate surface area is 174 Å². The number of phenolic OH excluding ortho intramolecular Hbond substituents is 1. The third-order valence-electron chi connectivity index (χ3n) is 3.75. The molecule has 144 valence electrons. The highest BCUT2D eigenvalue weighted by Crippen LogP contribution is 2.40. The van der Waals surface area contributed by atoms with E-state index in [-0.39, 0.29) is 18.3 Å². The fourth-order valence-electron chi connectivity index (χ4n) is 2.53. The minimum atomic E-state index is -0.714. The van der Waals surface area contributed by atoms with Crippen molar-refractivity contribution in [2.75, 3.05) is 11.5 Å². The number of halogens is 1. The SMILES string of the molecule is CCOc1cc(/C=C2/SC(=S)N(c3ccc(Cl)cc3)C2=O)cc([N+](=O)[O-])c1O. The van der Waals surface area contributed by atoms with Crippen molar-refractivity contribution in [3.63, 3.8) is 0 Å². The van der Waals surface area contributed by atoms with Gasteiger partial charge in [0.05, 0.1) is 22.1 Å². The first-order valence-electron chi connectivity index (χ1n) is 7.99. The van der Waals surface area contributed by atoms with E-state index in [2.05, 4.69) is 0 Å². The van der Waals surface area contributed by atoms with Crippen molar-refractivity contribution in [2.24, 2.45) is 0 Å². The highest BCUT2D eigenvalue weighted by Gasteiger charge is 2.33. The van der Waals surface area contributed by atoms with Crippen LogP contribution in [0.15, 0.2) is 41.3 Å². The predicted molar refractivity (Wildman–Crippen MR) is 113 cm³/mol. The molecule has 0 saturated carbocycles. The Bertz CT molecular complexity index is 1010. The summed E-state index contributed by atoms with van der Waals surface area (Å²) in [6.07, 6.45) is 1.48. The van der Waals surface area contributed by atoms with E-state index in [0.717, 1.165) is 11.8 Å². The molecule has 2 aromatic rings. The molecule has 10 heteroatoms. The van der Waals surface area contributed by atoms with Crippen LogP contribution >= 0.6 is 35.6 Å². The second-order valence-corrected chi connectivity index (χ2v) is 7.68. The Morgan fingerprint density at radius 2 is 2.04 bits per heavy atom. The number of nitro benzene ring substituents is 1. The fraction of sp³-hybridized carbons (Fsp3) is 0.111. The number of phenols is 1. The summed E-state index contributed by atoms with van der Waals surface area (Å²) in [6.45, 7) is 1.90. The van der Waals surface area contributed by atoms with E-state index in [1.807, 2.05) is 0 Å². The zero-order valence-electron chi connectivity index (χ0n) is 14.4. The predicted octanol–water partition coefficient (Wildman–Crippen LogP) is 4.76. The summed E-state index contributed by atoms with van der Waals surface area (Å²) >= 11 is 12.3. The molecule has 0 radical (unpaired) electrons. The molecule has 1 amide bonds. The zero-order valence-corrected chi connectivity index (χ0v) is 16.8. The van der Waals surface area contributed by atoms with Crippen molar-refractivity contribution < 1.29 is 19.6 Å². The van der Waals surface area contributed by atoms with Gasteiger partial charge in [0.2, 0.25) is 5.75 Å². The number of nitrogens with zero attached hydrogens (tertiary/aromatic N) is 2. The lowest BCUT2D eigenvalue weighted by Gasteiger charge is -2.14. The molecule has 0 atom stereocenters. The number of ether oxygens (including phenoxy) is 1. The summed E-state index contributed by atoms with van der Waals surface area (Å²) in [5.74, 6) is -0.945. The molecule has 0 aliphatic carbocycles. The first-order chi connectivity index (χ1) is 13.3. The average molecular weight is 437 g/mol. The minimum Gasteiger partial charge on any atom is -0.500 e. The Hall–Kier alpha value is -2.62. The number of carbonyl (C=O) groups is 1. The van der Waals surface area contributed by atoms with Crippen LogP contribution in [-0.4, -0.2) is 26.9 Å². The van der Waals surface area contributed by atoms with Crippen molar-refractivity contribution in [1.29, 1.82) is 0 Å². The summed E-state index contributed by atoms with van der Waals surface area (Å²) < 4.78 is 5.59. The van der Waals surface area contributed by atoms with Gasteiger partial charge in [-0.05, 0) is 48.9 Å². The van der Waals surface area contributed by atoms with E-state index >= 15 is 0 Å². The highest BCUT2D eigenvalue weighted by atomic mass is 35.5. The van der Waals surface area contributed by atoms with Gasteiger partial charge >= 0.3 is 5.69 Å². The van der Waals surface area contributed by atoms with Crippen LogP contribution in [0.25, 0.3) is 6.08 Å². The van der Waals surface area contributed by atoms with Crippen molar-refractivity contribution in [3.05, 3.63) is 62.0 Å². The summed E-state index contributed by atoms with van der Waals surface area (Å²) in [5, 5.41) is 21.7. The fourth-order valence-corrected chi connectivity index (χ4v) is 3.96. The minimum absolute atomic E-state index is 0.0314. The molecule has 28 heavy (non-hydrogen) atoms. The van der Waals surface area contributed by atoms with Gasteiger partial charge in [0.15, 0.2) is 10.1 Å². The first-order valence-corrected chi connectivity index (χ1v) is 9.59. The molecule has 1 fully saturated rings. The van der Waals surface area contributed by atoms with Gasteiger partial charge in [-0.25, -0.2) is 0 Å². The van der Waals surface area contributed by atoms with Crippen LogP contribution in [0.3, 0.4) is 0 Å². The summed E-state index contributed by atoms with van der Waals surface area (Å²) in [5.41, 5.74) is 0.400. The number of aromatic hydroxyl groups is 1. The number of benzene rings is 2. The summed E-state index contributed by atoms with van der Waals surface area (Å²) in [7, 11) is 0. The molecular weight excluding hydrogens is 424 g/mol. The van der Waals surface area contributed by atoms with Gasteiger partial charge in [-0.2, -0.15) is 0 Å². The van der Waals surface area contributed by atoms with Gasteiger partial charge in [-0.15, -0.1) is 0 Å². The molecule has 1 N–H and O–H groups in total. The second-order valence-electron chi connectivity index (χ2n) is 5.57. The van der Waals surface area contributed by atoms with Gasteiger partial charge < -0.3 is 9.84 Å². The van der Waals surface area contributed by atoms with Crippen LogP contribution in [0.1, 0.15) is 12.5 Å². The Balaban J connectivity index is 1.99. The van der Waals surface area contributed by atoms with E-state index in [4.69, 9.17) is 28.6 Å². The summed E-state index contributed by atoms with van der Waals surface area (Å²) in [4.78, 5) is 25.0. The Kier molecular flexibility index (Phi) is 5.87. The normalized spacial score (nSPS) is 15.4. The molecule has 1 aliphatic heterocycles. The molecule has 3 rings (SSSR count). The number of hydrogen-bond donors (Lipinski definition) is 1. The van der Waals surface area contributed by atoms with E-state index < -0.39 is 16.4 Å². The van der Waals surface area contributed by atoms with Crippen LogP contribution in [0.4, 0.5) is 11.4 Å². The quantitative estimate of drug-likeness (QED) is 0.312. The molecule has 0 aromatic heterocycles. The lowest BCUT2D eigenvalue weighted by atomic mass is 10.1. The van der Waals surface area contributed by atoms with Gasteiger partial charge in [0.25, 0.3) is 5.91 Å². The standard InChI is InChI=1S/C18H13ClN2O5S2/c1-2-26-14-8-10(7-13(16(14)22)21(24)25)9-15-17(23)20(18(27)28-15)12-5-3-11(19)4-6-12/h3-9,22H,2H2,1H3/b15-9+. The van der Waals surface area contributed by atoms with E-state index in [1.165, 1.54) is 23.1 Å². The number of thiocarbonyl (C=S) groups is 1. The van der Waals surface area contributed by atoms with Gasteiger partial charge in [-0.3, -0.25) is 19.8 Å². The number of thioether (sulfide) groups is 1. The molecule has 1 saturated heterocycles.